The lowest BCUT2D eigenvalue weighted by Gasteiger charge is -2.12. The number of aryl methyl sites for hydroxylation is 1. The van der Waals surface area contributed by atoms with Crippen LogP contribution in [-0.2, 0) is 20.3 Å². The van der Waals surface area contributed by atoms with Crippen molar-refractivity contribution in [2.45, 2.75) is 13.2 Å². The zero-order chi connectivity index (χ0) is 21.9. The van der Waals surface area contributed by atoms with E-state index in [9.17, 15) is 4.39 Å². The van der Waals surface area contributed by atoms with Gasteiger partial charge in [-0.1, -0.05) is 12.1 Å². The lowest BCUT2D eigenvalue weighted by atomic mass is 10.2. The number of aromatic amines is 1. The number of imidazole rings is 2. The molecule has 0 aliphatic carbocycles. The largest absolute Gasteiger partial charge is 0.489 e. The molecule has 0 unspecified atom stereocenters. The molecule has 1 N–H and O–H groups in total. The van der Waals surface area contributed by atoms with Crippen molar-refractivity contribution in [1.29, 1.82) is 0 Å². The van der Waals surface area contributed by atoms with E-state index < -0.39 is 0 Å². The first-order valence-electron chi connectivity index (χ1n) is 10.1. The Morgan fingerprint density at radius 3 is 2.53 bits per heavy atom. The van der Waals surface area contributed by atoms with Crippen LogP contribution in [0.1, 0.15) is 11.4 Å². The van der Waals surface area contributed by atoms with E-state index >= 15 is 0 Å². The molecule has 32 heavy (non-hydrogen) atoms. The average Bonchev–Trinajstić information content (AvgIpc) is 3.42. The van der Waals surface area contributed by atoms with Crippen molar-refractivity contribution in [2.24, 2.45) is 7.05 Å². The Bertz CT molecular complexity index is 1340. The molecule has 0 atom stereocenters. The summed E-state index contributed by atoms with van der Waals surface area (Å²) in [5.41, 5.74) is 2.99. The van der Waals surface area contributed by atoms with Gasteiger partial charge in [0.05, 0.1) is 0 Å². The molecule has 7 nitrogen and oxygen atoms in total. The lowest BCUT2D eigenvalue weighted by molar-refractivity contribution is 0.282. The first-order valence-corrected chi connectivity index (χ1v) is 10.1. The quantitative estimate of drug-likeness (QED) is 0.407. The van der Waals surface area contributed by atoms with Crippen molar-refractivity contribution >= 4 is 11.2 Å². The van der Waals surface area contributed by atoms with Gasteiger partial charge in [0.25, 0.3) is 0 Å². The number of ether oxygens (including phenoxy) is 2. The summed E-state index contributed by atoms with van der Waals surface area (Å²) in [5, 5.41) is 0. The van der Waals surface area contributed by atoms with E-state index in [0.29, 0.717) is 29.6 Å². The van der Waals surface area contributed by atoms with Crippen LogP contribution in [0.3, 0.4) is 0 Å². The highest BCUT2D eigenvalue weighted by Crippen LogP contribution is 2.30. The minimum Gasteiger partial charge on any atom is -0.489 e. The van der Waals surface area contributed by atoms with Crippen molar-refractivity contribution in [3.63, 3.8) is 0 Å². The van der Waals surface area contributed by atoms with E-state index in [2.05, 4.69) is 19.9 Å². The van der Waals surface area contributed by atoms with Crippen LogP contribution in [0.15, 0.2) is 73.2 Å². The summed E-state index contributed by atoms with van der Waals surface area (Å²) in [4.78, 5) is 16.5. The number of benzene rings is 2. The van der Waals surface area contributed by atoms with E-state index in [0.717, 1.165) is 22.5 Å². The number of halogens is 1. The molecule has 5 rings (SSSR count). The fraction of sp³-hybridized carbons (Fsp3) is 0.125. The van der Waals surface area contributed by atoms with Gasteiger partial charge in [0.15, 0.2) is 5.65 Å². The van der Waals surface area contributed by atoms with Crippen LogP contribution in [0, 0.1) is 5.82 Å². The van der Waals surface area contributed by atoms with Crippen LogP contribution in [0.4, 0.5) is 4.39 Å². The molecule has 5 aromatic rings. The van der Waals surface area contributed by atoms with Crippen LogP contribution in [0.25, 0.3) is 22.6 Å². The molecule has 3 aromatic heterocycles. The van der Waals surface area contributed by atoms with Gasteiger partial charge >= 0.3 is 0 Å². The zero-order valence-electron chi connectivity index (χ0n) is 17.3. The number of rotatable bonds is 7. The molecule has 8 heteroatoms. The topological polar surface area (TPSA) is 77.8 Å². The van der Waals surface area contributed by atoms with Crippen LogP contribution in [0.2, 0.25) is 0 Å². The summed E-state index contributed by atoms with van der Waals surface area (Å²) in [6.07, 6.45) is 5.30. The van der Waals surface area contributed by atoms with Crippen molar-refractivity contribution in [3.8, 4) is 22.9 Å². The summed E-state index contributed by atoms with van der Waals surface area (Å²) in [6, 6.07) is 15.6. The fourth-order valence-electron chi connectivity index (χ4n) is 3.33. The van der Waals surface area contributed by atoms with Crippen molar-refractivity contribution in [3.05, 3.63) is 90.4 Å². The van der Waals surface area contributed by atoms with Crippen molar-refractivity contribution < 1.29 is 13.9 Å². The minimum absolute atomic E-state index is 0.224. The van der Waals surface area contributed by atoms with Gasteiger partial charge in [0.2, 0.25) is 0 Å². The maximum atomic E-state index is 13.5. The van der Waals surface area contributed by atoms with Crippen LogP contribution >= 0.6 is 0 Å². The van der Waals surface area contributed by atoms with Gasteiger partial charge in [-0.15, -0.1) is 0 Å². The monoisotopic (exact) mass is 429 g/mol. The maximum Gasteiger partial charge on any atom is 0.157 e. The second kappa shape index (κ2) is 8.50. The average molecular weight is 429 g/mol. The lowest BCUT2D eigenvalue weighted by Crippen LogP contribution is -2.03. The minimum atomic E-state index is -0.297. The second-order valence-corrected chi connectivity index (χ2v) is 7.31. The van der Waals surface area contributed by atoms with Crippen molar-refractivity contribution in [1.82, 2.24) is 24.5 Å². The van der Waals surface area contributed by atoms with E-state index in [1.807, 2.05) is 48.1 Å². The van der Waals surface area contributed by atoms with E-state index in [1.165, 1.54) is 12.1 Å². The molecule has 0 spiro atoms. The zero-order valence-corrected chi connectivity index (χ0v) is 17.3. The highest BCUT2D eigenvalue weighted by molar-refractivity contribution is 5.76. The molecule has 3 heterocycles. The molecule has 160 valence electrons. The number of hydrogen-bond acceptors (Lipinski definition) is 5. The summed E-state index contributed by atoms with van der Waals surface area (Å²) in [7, 11) is 1.91. The molecule has 2 aromatic carbocycles. The standard InChI is InChI=1S/C24H20FN5O2/c1-30-9-8-26-22(30)15-32-20-12-17(23-28-21-6-3-7-27-24(21)29-23)11-19(13-20)31-14-16-4-2-5-18(25)10-16/h2-13H,14-15H2,1H3,(H,27,28,29). The van der Waals surface area contributed by atoms with Crippen LogP contribution in [-0.4, -0.2) is 24.5 Å². The molecular formula is C24H20FN5O2. The third-order valence-corrected chi connectivity index (χ3v) is 4.99. The molecular weight excluding hydrogens is 409 g/mol. The Kier molecular flexibility index (Phi) is 5.25. The maximum absolute atomic E-state index is 13.5. The number of fused-ring (bicyclic) bond motifs is 1. The summed E-state index contributed by atoms with van der Waals surface area (Å²) < 4.78 is 27.4. The van der Waals surface area contributed by atoms with E-state index in [1.54, 1.807) is 24.5 Å². The highest BCUT2D eigenvalue weighted by atomic mass is 19.1. The summed E-state index contributed by atoms with van der Waals surface area (Å²) >= 11 is 0. The van der Waals surface area contributed by atoms with Gasteiger partial charge in [-0.05, 0) is 42.0 Å². The number of nitrogens with zero attached hydrogens (tertiary/aromatic N) is 4. The van der Waals surface area contributed by atoms with Gasteiger partial charge in [0, 0.05) is 37.3 Å². The predicted octanol–water partition coefficient (Wildman–Crippen LogP) is 4.66. The Morgan fingerprint density at radius 2 is 1.78 bits per heavy atom. The molecule has 0 aliphatic heterocycles. The predicted molar refractivity (Wildman–Crippen MR) is 118 cm³/mol. The number of aromatic nitrogens is 5. The fourth-order valence-corrected chi connectivity index (χ4v) is 3.33. The Hall–Kier alpha value is -4.20. The molecule has 0 aliphatic rings. The molecule has 0 radical (unpaired) electrons. The first kappa shape index (κ1) is 19.7. The third-order valence-electron chi connectivity index (χ3n) is 4.99. The molecule has 0 saturated carbocycles. The van der Waals surface area contributed by atoms with E-state index in [-0.39, 0.29) is 12.4 Å². The number of pyridine rings is 1. The second-order valence-electron chi connectivity index (χ2n) is 7.31. The summed E-state index contributed by atoms with van der Waals surface area (Å²) in [6.45, 7) is 0.527. The number of H-pyrrole nitrogens is 1. The van der Waals surface area contributed by atoms with Crippen LogP contribution < -0.4 is 9.47 Å². The van der Waals surface area contributed by atoms with Crippen LogP contribution in [0.5, 0.6) is 11.5 Å². The van der Waals surface area contributed by atoms with Gasteiger partial charge in [-0.3, -0.25) is 0 Å². The smallest absolute Gasteiger partial charge is 0.157 e. The van der Waals surface area contributed by atoms with Gasteiger partial charge in [-0.25, -0.2) is 19.3 Å². The van der Waals surface area contributed by atoms with E-state index in [4.69, 9.17) is 9.47 Å². The number of hydrogen-bond donors (Lipinski definition) is 1. The number of nitrogens with one attached hydrogen (secondary N) is 1. The van der Waals surface area contributed by atoms with Gasteiger partial charge < -0.3 is 19.0 Å². The Balaban J connectivity index is 1.45. The first-order chi connectivity index (χ1) is 15.6. The summed E-state index contributed by atoms with van der Waals surface area (Å²) in [5.74, 6) is 2.33. The van der Waals surface area contributed by atoms with Gasteiger partial charge in [0.1, 0.15) is 47.7 Å². The molecule has 0 saturated heterocycles. The van der Waals surface area contributed by atoms with Gasteiger partial charge in [-0.2, -0.15) is 0 Å². The third kappa shape index (κ3) is 4.29. The molecule has 0 amide bonds. The Labute approximate surface area is 183 Å². The van der Waals surface area contributed by atoms with Crippen molar-refractivity contribution in [2.75, 3.05) is 0 Å². The SMILES string of the molecule is Cn1ccnc1COc1cc(OCc2cccc(F)c2)cc(-c2nc3cccnc3[nH]2)c1. The highest BCUT2D eigenvalue weighted by Gasteiger charge is 2.11. The molecule has 0 fully saturated rings. The molecule has 0 bridgehead atoms. The Morgan fingerprint density at radius 1 is 0.938 bits per heavy atom. The normalized spacial score (nSPS) is 11.1.